The largest absolute Gasteiger partial charge is 0.481 e. The SMILES string of the molecule is CC(C)(CCC(=O)O)NC(=O)NC(c1ccccc1OC(F)F)C(F)(F)F. The van der Waals surface area contributed by atoms with Gasteiger partial charge in [0.2, 0.25) is 0 Å². The zero-order chi connectivity index (χ0) is 20.8. The van der Waals surface area contributed by atoms with E-state index in [-0.39, 0.29) is 12.8 Å². The van der Waals surface area contributed by atoms with E-state index < -0.39 is 47.7 Å². The Balaban J connectivity index is 3.01. The second kappa shape index (κ2) is 8.87. The molecule has 1 atom stereocenters. The van der Waals surface area contributed by atoms with E-state index in [1.54, 1.807) is 5.32 Å². The van der Waals surface area contributed by atoms with Crippen LogP contribution in [0.1, 0.15) is 38.3 Å². The van der Waals surface area contributed by atoms with Crippen LogP contribution in [0.15, 0.2) is 24.3 Å². The number of rotatable bonds is 8. The van der Waals surface area contributed by atoms with E-state index in [2.05, 4.69) is 10.1 Å². The van der Waals surface area contributed by atoms with Gasteiger partial charge in [-0.1, -0.05) is 18.2 Å². The number of urea groups is 1. The predicted molar refractivity (Wildman–Crippen MR) is 84.5 cm³/mol. The van der Waals surface area contributed by atoms with E-state index in [0.717, 1.165) is 12.1 Å². The van der Waals surface area contributed by atoms with Gasteiger partial charge in [0.1, 0.15) is 5.75 Å². The molecule has 1 rings (SSSR count). The maximum Gasteiger partial charge on any atom is 0.413 e. The number of aliphatic carboxylic acids is 1. The van der Waals surface area contributed by atoms with Crippen LogP contribution in [-0.2, 0) is 4.79 Å². The van der Waals surface area contributed by atoms with Crippen molar-refractivity contribution in [3.05, 3.63) is 29.8 Å². The highest BCUT2D eigenvalue weighted by atomic mass is 19.4. The summed E-state index contributed by atoms with van der Waals surface area (Å²) < 4.78 is 69.2. The number of carboxylic acid groups (broad SMARTS) is 1. The number of halogens is 5. The summed E-state index contributed by atoms with van der Waals surface area (Å²) in [6, 6.07) is 0.386. The number of nitrogens with one attached hydrogen (secondary N) is 2. The molecular weight excluding hydrogens is 379 g/mol. The first-order chi connectivity index (χ1) is 12.3. The van der Waals surface area contributed by atoms with E-state index in [0.29, 0.717) is 0 Å². The van der Waals surface area contributed by atoms with Crippen molar-refractivity contribution in [2.24, 2.45) is 0 Å². The Morgan fingerprint density at radius 1 is 1.19 bits per heavy atom. The standard InChI is InChI=1S/C16H19F5N2O4/c1-15(2,8-7-11(24)25)23-14(26)22-12(16(19,20)21)9-5-3-4-6-10(9)27-13(17)18/h3-6,12-13H,7-8H2,1-2H3,(H,24,25)(H2,22,23,26). The van der Waals surface area contributed by atoms with Crippen molar-refractivity contribution < 1.29 is 41.4 Å². The van der Waals surface area contributed by atoms with Crippen molar-refractivity contribution in [1.82, 2.24) is 10.6 Å². The quantitative estimate of drug-likeness (QED) is 0.581. The number of carbonyl (C=O) groups excluding carboxylic acids is 1. The topological polar surface area (TPSA) is 87.7 Å². The zero-order valence-corrected chi connectivity index (χ0v) is 14.4. The Labute approximate surface area is 151 Å². The third kappa shape index (κ3) is 7.67. The van der Waals surface area contributed by atoms with Crippen LogP contribution < -0.4 is 15.4 Å². The van der Waals surface area contributed by atoms with Gasteiger partial charge in [0.25, 0.3) is 0 Å². The zero-order valence-electron chi connectivity index (χ0n) is 14.4. The number of carbonyl (C=O) groups is 2. The Hall–Kier alpha value is -2.59. The molecule has 0 aliphatic heterocycles. The van der Waals surface area contributed by atoms with Crippen molar-refractivity contribution in [1.29, 1.82) is 0 Å². The van der Waals surface area contributed by atoms with Gasteiger partial charge in [-0.15, -0.1) is 0 Å². The maximum atomic E-state index is 13.4. The molecule has 0 saturated carbocycles. The molecule has 0 spiro atoms. The van der Waals surface area contributed by atoms with Crippen molar-refractivity contribution in [3.8, 4) is 5.75 Å². The summed E-state index contributed by atoms with van der Waals surface area (Å²) in [6.45, 7) is -0.471. The highest BCUT2D eigenvalue weighted by molar-refractivity contribution is 5.75. The van der Waals surface area contributed by atoms with Crippen LogP contribution in [0.5, 0.6) is 5.75 Å². The predicted octanol–water partition coefficient (Wildman–Crippen LogP) is 3.83. The van der Waals surface area contributed by atoms with Gasteiger partial charge in [-0.3, -0.25) is 4.79 Å². The smallest absolute Gasteiger partial charge is 0.413 e. The van der Waals surface area contributed by atoms with Gasteiger partial charge in [0, 0.05) is 17.5 Å². The summed E-state index contributed by atoms with van der Waals surface area (Å²) >= 11 is 0. The fourth-order valence-electron chi connectivity index (χ4n) is 2.21. The van der Waals surface area contributed by atoms with Gasteiger partial charge in [-0.2, -0.15) is 22.0 Å². The monoisotopic (exact) mass is 398 g/mol. The van der Waals surface area contributed by atoms with Crippen LogP contribution >= 0.6 is 0 Å². The van der Waals surface area contributed by atoms with Crippen molar-refractivity contribution in [2.75, 3.05) is 0 Å². The maximum absolute atomic E-state index is 13.4. The van der Waals surface area contributed by atoms with E-state index >= 15 is 0 Å². The van der Waals surface area contributed by atoms with E-state index in [1.807, 2.05) is 0 Å². The lowest BCUT2D eigenvalue weighted by atomic mass is 9.98. The molecule has 0 bridgehead atoms. The molecule has 11 heteroatoms. The first-order valence-corrected chi connectivity index (χ1v) is 7.73. The molecular formula is C16H19F5N2O4. The first kappa shape index (κ1) is 22.5. The number of para-hydroxylation sites is 1. The molecule has 0 saturated heterocycles. The van der Waals surface area contributed by atoms with E-state index in [9.17, 15) is 31.5 Å². The van der Waals surface area contributed by atoms with Crippen LogP contribution in [0.25, 0.3) is 0 Å². The second-order valence-electron chi connectivity index (χ2n) is 6.27. The lowest BCUT2D eigenvalue weighted by molar-refractivity contribution is -0.156. The minimum Gasteiger partial charge on any atom is -0.481 e. The van der Waals surface area contributed by atoms with Gasteiger partial charge in [0.15, 0.2) is 6.04 Å². The molecule has 0 aliphatic carbocycles. The number of hydrogen-bond donors (Lipinski definition) is 3. The van der Waals surface area contributed by atoms with Crippen LogP contribution in [0.3, 0.4) is 0 Å². The molecule has 0 radical (unpaired) electrons. The van der Waals surface area contributed by atoms with E-state index in [1.165, 1.54) is 26.0 Å². The average Bonchev–Trinajstić information content (AvgIpc) is 2.49. The Morgan fingerprint density at radius 2 is 1.78 bits per heavy atom. The third-order valence-electron chi connectivity index (χ3n) is 3.46. The van der Waals surface area contributed by atoms with Crippen molar-refractivity contribution >= 4 is 12.0 Å². The van der Waals surface area contributed by atoms with Gasteiger partial charge in [-0.25, -0.2) is 4.79 Å². The Morgan fingerprint density at radius 3 is 2.30 bits per heavy atom. The number of alkyl halides is 5. The Bertz CT molecular complexity index is 664. The molecule has 1 aromatic rings. The lowest BCUT2D eigenvalue weighted by Crippen LogP contribution is -2.51. The van der Waals surface area contributed by atoms with Crippen LogP contribution in [0, 0.1) is 0 Å². The summed E-state index contributed by atoms with van der Waals surface area (Å²) in [6.07, 6.45) is -5.33. The van der Waals surface area contributed by atoms with E-state index in [4.69, 9.17) is 5.11 Å². The minimum atomic E-state index is -5.00. The molecule has 0 aromatic heterocycles. The fraction of sp³-hybridized carbons (Fsp3) is 0.500. The molecule has 2 amide bonds. The summed E-state index contributed by atoms with van der Waals surface area (Å²) in [5.74, 6) is -1.85. The number of amides is 2. The summed E-state index contributed by atoms with van der Waals surface area (Å²) in [5.41, 5.74) is -1.80. The summed E-state index contributed by atoms with van der Waals surface area (Å²) in [4.78, 5) is 22.6. The average molecular weight is 398 g/mol. The van der Waals surface area contributed by atoms with Gasteiger partial charge >= 0.3 is 24.8 Å². The lowest BCUT2D eigenvalue weighted by Gasteiger charge is -2.29. The molecule has 27 heavy (non-hydrogen) atoms. The molecule has 0 heterocycles. The molecule has 1 unspecified atom stereocenters. The highest BCUT2D eigenvalue weighted by Crippen LogP contribution is 2.37. The number of ether oxygens (including phenoxy) is 1. The van der Waals surface area contributed by atoms with Crippen LogP contribution in [0.2, 0.25) is 0 Å². The molecule has 0 aliphatic rings. The fourth-order valence-corrected chi connectivity index (χ4v) is 2.21. The molecule has 152 valence electrons. The van der Waals surface area contributed by atoms with Gasteiger partial charge in [-0.05, 0) is 26.3 Å². The normalized spacial score (nSPS) is 13.2. The number of benzene rings is 1. The van der Waals surface area contributed by atoms with Crippen LogP contribution in [-0.4, -0.2) is 35.4 Å². The summed E-state index contributed by atoms with van der Waals surface area (Å²) in [7, 11) is 0. The minimum absolute atomic E-state index is 0.0302. The van der Waals surface area contributed by atoms with Gasteiger partial charge in [0.05, 0.1) is 0 Å². The van der Waals surface area contributed by atoms with Crippen LogP contribution in [0.4, 0.5) is 26.7 Å². The molecule has 3 N–H and O–H groups in total. The molecule has 6 nitrogen and oxygen atoms in total. The van der Waals surface area contributed by atoms with Crippen molar-refractivity contribution in [2.45, 2.75) is 51.1 Å². The summed E-state index contributed by atoms with van der Waals surface area (Å²) in [5, 5.41) is 12.6. The number of hydrogen-bond acceptors (Lipinski definition) is 3. The highest BCUT2D eigenvalue weighted by Gasteiger charge is 2.44. The molecule has 0 fully saturated rings. The first-order valence-electron chi connectivity index (χ1n) is 7.73. The van der Waals surface area contributed by atoms with Crippen molar-refractivity contribution in [3.63, 3.8) is 0 Å². The third-order valence-corrected chi connectivity index (χ3v) is 3.46. The van der Waals surface area contributed by atoms with Gasteiger partial charge < -0.3 is 20.5 Å². The Kier molecular flexibility index (Phi) is 7.37. The molecule has 1 aromatic carbocycles. The number of carboxylic acids is 1. The second-order valence-corrected chi connectivity index (χ2v) is 6.27.